The van der Waals surface area contributed by atoms with Crippen LogP contribution in [0.4, 0.5) is 0 Å². The third-order valence-electron chi connectivity index (χ3n) is 5.30. The van der Waals surface area contributed by atoms with E-state index < -0.39 is 0 Å². The van der Waals surface area contributed by atoms with Crippen LogP contribution in [0, 0.1) is 12.8 Å². The minimum Gasteiger partial charge on any atom is -0.463 e. The van der Waals surface area contributed by atoms with Crippen molar-refractivity contribution in [2.75, 3.05) is 26.3 Å². The van der Waals surface area contributed by atoms with Crippen molar-refractivity contribution in [2.45, 2.75) is 38.3 Å². The van der Waals surface area contributed by atoms with Gasteiger partial charge in [-0.3, -0.25) is 9.88 Å². The Kier molecular flexibility index (Phi) is 5.13. The number of likely N-dealkylation sites (tertiary alicyclic amines) is 1. The molecule has 4 rings (SSSR count). The van der Waals surface area contributed by atoms with Gasteiger partial charge in [0.15, 0.2) is 0 Å². The van der Waals surface area contributed by atoms with Crippen LogP contribution >= 0.6 is 0 Å². The highest BCUT2D eigenvalue weighted by atomic mass is 16.5. The molecule has 2 aromatic heterocycles. The van der Waals surface area contributed by atoms with E-state index in [-0.39, 0.29) is 5.60 Å². The first-order valence-electron chi connectivity index (χ1n) is 9.38. The van der Waals surface area contributed by atoms with Gasteiger partial charge >= 0.3 is 6.01 Å². The molecule has 2 saturated heterocycles. The summed E-state index contributed by atoms with van der Waals surface area (Å²) in [6.07, 6.45) is 8.73. The van der Waals surface area contributed by atoms with Crippen LogP contribution in [0.1, 0.15) is 30.5 Å². The lowest BCUT2D eigenvalue weighted by molar-refractivity contribution is -0.182. The van der Waals surface area contributed by atoms with Crippen molar-refractivity contribution in [1.82, 2.24) is 19.9 Å². The maximum Gasteiger partial charge on any atom is 0.316 e. The highest BCUT2D eigenvalue weighted by Crippen LogP contribution is 2.38. The fraction of sp³-hybridized carbons (Fsp3) is 0.550. The third kappa shape index (κ3) is 4.19. The first-order valence-corrected chi connectivity index (χ1v) is 9.38. The van der Waals surface area contributed by atoms with E-state index in [2.05, 4.69) is 32.0 Å². The van der Waals surface area contributed by atoms with Gasteiger partial charge < -0.3 is 9.47 Å². The molecule has 2 aliphatic rings. The van der Waals surface area contributed by atoms with E-state index in [9.17, 15) is 0 Å². The second-order valence-corrected chi connectivity index (χ2v) is 7.51. The van der Waals surface area contributed by atoms with Crippen molar-refractivity contribution in [3.05, 3.63) is 48.0 Å². The fourth-order valence-corrected chi connectivity index (χ4v) is 4.04. The Labute approximate surface area is 154 Å². The van der Waals surface area contributed by atoms with Crippen LogP contribution in [0.3, 0.4) is 0 Å². The number of rotatable bonds is 6. The standard InChI is InChI=1S/C20H26N4O2/c1-16-2-9-22-19(23-16)25-10-5-17-6-11-26-20(12-17)14-24(15-20)13-18-3-7-21-8-4-18/h2-4,7-9,17H,5-6,10-15H2,1H3. The van der Waals surface area contributed by atoms with Crippen molar-refractivity contribution in [3.63, 3.8) is 0 Å². The number of aryl methyl sites for hydroxylation is 1. The monoisotopic (exact) mass is 354 g/mol. The summed E-state index contributed by atoms with van der Waals surface area (Å²) in [4.78, 5) is 15.0. The van der Waals surface area contributed by atoms with E-state index in [1.807, 2.05) is 25.4 Å². The van der Waals surface area contributed by atoms with Crippen LogP contribution in [-0.2, 0) is 11.3 Å². The molecule has 0 radical (unpaired) electrons. The number of pyridine rings is 1. The van der Waals surface area contributed by atoms with E-state index in [4.69, 9.17) is 9.47 Å². The molecule has 2 fully saturated rings. The van der Waals surface area contributed by atoms with Gasteiger partial charge in [0.1, 0.15) is 0 Å². The highest BCUT2D eigenvalue weighted by molar-refractivity contribution is 5.12. The maximum absolute atomic E-state index is 6.16. The lowest BCUT2D eigenvalue weighted by Crippen LogP contribution is -2.64. The molecule has 2 aliphatic heterocycles. The predicted octanol–water partition coefficient (Wildman–Crippen LogP) is 2.63. The summed E-state index contributed by atoms with van der Waals surface area (Å²) in [6.45, 7) is 6.50. The number of ether oxygens (including phenoxy) is 2. The summed E-state index contributed by atoms with van der Waals surface area (Å²) < 4.78 is 11.9. The molecule has 6 heteroatoms. The fourth-order valence-electron chi connectivity index (χ4n) is 4.04. The van der Waals surface area contributed by atoms with Gasteiger partial charge in [-0.05, 0) is 55.9 Å². The Morgan fingerprint density at radius 1 is 1.23 bits per heavy atom. The van der Waals surface area contributed by atoms with Crippen LogP contribution < -0.4 is 4.74 Å². The van der Waals surface area contributed by atoms with Crippen molar-refractivity contribution < 1.29 is 9.47 Å². The number of hydrogen-bond acceptors (Lipinski definition) is 6. The van der Waals surface area contributed by atoms with E-state index in [1.54, 1.807) is 6.20 Å². The second kappa shape index (κ2) is 7.68. The van der Waals surface area contributed by atoms with E-state index in [0.717, 1.165) is 51.2 Å². The second-order valence-electron chi connectivity index (χ2n) is 7.51. The van der Waals surface area contributed by atoms with Gasteiger partial charge in [0.25, 0.3) is 0 Å². The summed E-state index contributed by atoms with van der Waals surface area (Å²) in [5.74, 6) is 0.650. The Hall–Kier alpha value is -2.05. The van der Waals surface area contributed by atoms with Gasteiger partial charge in [-0.2, -0.15) is 0 Å². The zero-order chi connectivity index (χ0) is 17.8. The van der Waals surface area contributed by atoms with Gasteiger partial charge in [0, 0.05) is 50.5 Å². The van der Waals surface area contributed by atoms with Gasteiger partial charge in [-0.15, -0.1) is 0 Å². The van der Waals surface area contributed by atoms with Crippen LogP contribution in [0.5, 0.6) is 6.01 Å². The minimum absolute atomic E-state index is 0.0514. The largest absolute Gasteiger partial charge is 0.463 e. The molecule has 0 N–H and O–H groups in total. The summed E-state index contributed by atoms with van der Waals surface area (Å²) in [5, 5.41) is 0. The molecule has 2 aromatic rings. The van der Waals surface area contributed by atoms with Gasteiger partial charge in [-0.25, -0.2) is 9.97 Å². The Morgan fingerprint density at radius 2 is 2.08 bits per heavy atom. The molecule has 1 spiro atoms. The van der Waals surface area contributed by atoms with Crippen LogP contribution in [0.25, 0.3) is 0 Å². The van der Waals surface area contributed by atoms with Crippen molar-refractivity contribution in [1.29, 1.82) is 0 Å². The number of hydrogen-bond donors (Lipinski definition) is 0. The van der Waals surface area contributed by atoms with Crippen LogP contribution in [0.15, 0.2) is 36.8 Å². The van der Waals surface area contributed by atoms with Gasteiger partial charge in [0.2, 0.25) is 0 Å². The predicted molar refractivity (Wildman–Crippen MR) is 97.8 cm³/mol. The van der Waals surface area contributed by atoms with Gasteiger partial charge in [0.05, 0.1) is 12.2 Å². The first kappa shape index (κ1) is 17.4. The Morgan fingerprint density at radius 3 is 2.88 bits per heavy atom. The van der Waals surface area contributed by atoms with E-state index in [1.165, 1.54) is 5.56 Å². The number of nitrogens with zero attached hydrogens (tertiary/aromatic N) is 4. The Balaban J connectivity index is 1.22. The number of aromatic nitrogens is 3. The van der Waals surface area contributed by atoms with E-state index in [0.29, 0.717) is 18.5 Å². The summed E-state index contributed by atoms with van der Waals surface area (Å²) in [5.41, 5.74) is 2.30. The molecule has 0 amide bonds. The smallest absolute Gasteiger partial charge is 0.316 e. The summed E-state index contributed by atoms with van der Waals surface area (Å²) >= 11 is 0. The molecule has 1 atom stereocenters. The first-order chi connectivity index (χ1) is 12.7. The molecule has 138 valence electrons. The summed E-state index contributed by atoms with van der Waals surface area (Å²) in [6, 6.07) is 6.53. The maximum atomic E-state index is 6.16. The van der Waals surface area contributed by atoms with Gasteiger partial charge in [-0.1, -0.05) is 0 Å². The Bertz CT molecular complexity index is 719. The molecule has 0 aromatic carbocycles. The topological polar surface area (TPSA) is 60.4 Å². The minimum atomic E-state index is 0.0514. The normalized spacial score (nSPS) is 22.1. The summed E-state index contributed by atoms with van der Waals surface area (Å²) in [7, 11) is 0. The quantitative estimate of drug-likeness (QED) is 0.795. The molecule has 6 nitrogen and oxygen atoms in total. The molecule has 0 saturated carbocycles. The zero-order valence-electron chi connectivity index (χ0n) is 15.3. The lowest BCUT2D eigenvalue weighted by atomic mass is 9.79. The molecular formula is C20H26N4O2. The molecule has 26 heavy (non-hydrogen) atoms. The molecule has 0 bridgehead atoms. The van der Waals surface area contributed by atoms with E-state index >= 15 is 0 Å². The van der Waals surface area contributed by atoms with Crippen molar-refractivity contribution >= 4 is 0 Å². The van der Waals surface area contributed by atoms with Crippen LogP contribution in [0.2, 0.25) is 0 Å². The third-order valence-corrected chi connectivity index (χ3v) is 5.30. The van der Waals surface area contributed by atoms with Crippen molar-refractivity contribution in [2.24, 2.45) is 5.92 Å². The lowest BCUT2D eigenvalue weighted by Gasteiger charge is -2.53. The highest BCUT2D eigenvalue weighted by Gasteiger charge is 2.47. The van der Waals surface area contributed by atoms with Crippen molar-refractivity contribution in [3.8, 4) is 6.01 Å². The average molecular weight is 354 g/mol. The van der Waals surface area contributed by atoms with Crippen LogP contribution in [-0.4, -0.2) is 51.8 Å². The average Bonchev–Trinajstić information content (AvgIpc) is 2.62. The SMILES string of the molecule is Cc1ccnc(OCCC2CCOC3(C2)CN(Cc2ccncc2)C3)n1. The zero-order valence-corrected chi connectivity index (χ0v) is 15.3. The molecular weight excluding hydrogens is 328 g/mol. The molecule has 0 aliphatic carbocycles. The molecule has 1 unspecified atom stereocenters. The molecule has 4 heterocycles.